The molecule has 26 heavy (non-hydrogen) atoms. The molecule has 0 spiro atoms. The number of fused-ring (bicyclic) bond motifs is 1. The molecule has 0 amide bonds. The van der Waals surface area contributed by atoms with Gasteiger partial charge in [0.2, 0.25) is 0 Å². The van der Waals surface area contributed by atoms with Crippen molar-refractivity contribution in [3.05, 3.63) is 65.2 Å². The number of aryl methyl sites for hydroxylation is 2. The zero-order chi connectivity index (χ0) is 18.4. The maximum absolute atomic E-state index is 10.7. The lowest BCUT2D eigenvalue weighted by molar-refractivity contribution is -0.131. The lowest BCUT2D eigenvalue weighted by Gasteiger charge is -2.06. The van der Waals surface area contributed by atoms with Crippen LogP contribution >= 0.6 is 0 Å². The second kappa shape index (κ2) is 8.40. The highest BCUT2D eigenvalue weighted by Gasteiger charge is 2.09. The van der Waals surface area contributed by atoms with Gasteiger partial charge in [-0.1, -0.05) is 41.6 Å². The van der Waals surface area contributed by atoms with Gasteiger partial charge in [0, 0.05) is 19.2 Å². The van der Waals surface area contributed by atoms with Gasteiger partial charge < -0.3 is 9.84 Å². The second-order valence-electron chi connectivity index (χ2n) is 6.02. The fraction of sp³-hybridized carbons (Fsp3) is 0.250. The molecule has 1 aromatic heterocycles. The van der Waals surface area contributed by atoms with E-state index >= 15 is 0 Å². The summed E-state index contributed by atoms with van der Waals surface area (Å²) in [5, 5.41) is 17.2. The first-order chi connectivity index (χ1) is 12.6. The summed E-state index contributed by atoms with van der Waals surface area (Å²) < 4.78 is 7.56. The molecule has 0 saturated carbocycles. The molecule has 6 heteroatoms. The number of aromatic nitrogens is 3. The van der Waals surface area contributed by atoms with Gasteiger partial charge in [-0.3, -0.25) is 0 Å². The Hall–Kier alpha value is -2.99. The number of rotatable bonds is 8. The van der Waals surface area contributed by atoms with Gasteiger partial charge in [-0.05, 0) is 42.2 Å². The van der Waals surface area contributed by atoms with Crippen LogP contribution in [0.5, 0.6) is 0 Å². The number of benzene rings is 2. The summed E-state index contributed by atoms with van der Waals surface area (Å²) in [4.78, 5) is 10.7. The van der Waals surface area contributed by atoms with Crippen LogP contribution in [0.2, 0.25) is 0 Å². The summed E-state index contributed by atoms with van der Waals surface area (Å²) in [6, 6.07) is 13.9. The number of aliphatic carboxylic acids is 1. The predicted octanol–water partition coefficient (Wildman–Crippen LogP) is 3.44. The molecule has 3 aromatic rings. The Labute approximate surface area is 151 Å². The van der Waals surface area contributed by atoms with Crippen LogP contribution in [0, 0.1) is 6.92 Å². The molecule has 0 fully saturated rings. The van der Waals surface area contributed by atoms with Crippen LogP contribution < -0.4 is 0 Å². The van der Waals surface area contributed by atoms with Crippen LogP contribution in [0.25, 0.3) is 17.1 Å². The minimum absolute atomic E-state index is 0.608. The van der Waals surface area contributed by atoms with E-state index in [1.807, 2.05) is 54.1 Å². The Morgan fingerprint density at radius 1 is 1.23 bits per heavy atom. The molecule has 3 rings (SSSR count). The average Bonchev–Trinajstić information content (AvgIpc) is 3.05. The van der Waals surface area contributed by atoms with Crippen molar-refractivity contribution >= 4 is 23.1 Å². The van der Waals surface area contributed by atoms with E-state index in [1.165, 1.54) is 0 Å². The lowest BCUT2D eigenvalue weighted by atomic mass is 10.1. The molecule has 134 valence electrons. The van der Waals surface area contributed by atoms with E-state index in [4.69, 9.17) is 9.84 Å². The van der Waals surface area contributed by atoms with Gasteiger partial charge in [-0.25, -0.2) is 9.48 Å². The van der Waals surface area contributed by atoms with Crippen molar-refractivity contribution in [3.8, 4) is 0 Å². The van der Waals surface area contributed by atoms with Crippen molar-refractivity contribution in [1.29, 1.82) is 0 Å². The second-order valence-corrected chi connectivity index (χ2v) is 6.02. The zero-order valence-corrected chi connectivity index (χ0v) is 14.6. The van der Waals surface area contributed by atoms with Gasteiger partial charge in [0.1, 0.15) is 5.52 Å². The molecule has 0 saturated heterocycles. The van der Waals surface area contributed by atoms with Crippen molar-refractivity contribution in [3.63, 3.8) is 0 Å². The van der Waals surface area contributed by atoms with Crippen molar-refractivity contribution in [2.75, 3.05) is 6.61 Å². The van der Waals surface area contributed by atoms with E-state index in [1.54, 1.807) is 6.08 Å². The zero-order valence-electron chi connectivity index (χ0n) is 14.6. The molecule has 6 nitrogen and oxygen atoms in total. The largest absolute Gasteiger partial charge is 0.478 e. The van der Waals surface area contributed by atoms with Crippen molar-refractivity contribution in [2.45, 2.75) is 26.5 Å². The molecule has 1 N–H and O–H groups in total. The minimum atomic E-state index is -0.969. The van der Waals surface area contributed by atoms with E-state index in [-0.39, 0.29) is 0 Å². The quantitative estimate of drug-likeness (QED) is 0.497. The number of hydrogen-bond donors (Lipinski definition) is 1. The maximum atomic E-state index is 10.7. The fourth-order valence-corrected chi connectivity index (χ4v) is 2.77. The SMILES string of the molecule is Cc1c(/C=C/C(=O)O)ccc2c1nnn2CCCOCc1ccccc1. The molecule has 2 aromatic carbocycles. The van der Waals surface area contributed by atoms with Gasteiger partial charge in [0.15, 0.2) is 0 Å². The van der Waals surface area contributed by atoms with Crippen LogP contribution in [0.4, 0.5) is 0 Å². The van der Waals surface area contributed by atoms with Crippen LogP contribution in [0.3, 0.4) is 0 Å². The topological polar surface area (TPSA) is 77.2 Å². The van der Waals surface area contributed by atoms with Gasteiger partial charge in [0.05, 0.1) is 12.1 Å². The lowest BCUT2D eigenvalue weighted by Crippen LogP contribution is -2.04. The Balaban J connectivity index is 1.59. The van der Waals surface area contributed by atoms with Gasteiger partial charge in [0.25, 0.3) is 0 Å². The third-order valence-corrected chi connectivity index (χ3v) is 4.16. The summed E-state index contributed by atoms with van der Waals surface area (Å²) in [5.41, 5.74) is 4.65. The molecular formula is C20H21N3O3. The van der Waals surface area contributed by atoms with Crippen molar-refractivity contribution < 1.29 is 14.6 Å². The van der Waals surface area contributed by atoms with E-state index in [9.17, 15) is 4.79 Å². The smallest absolute Gasteiger partial charge is 0.328 e. The number of hydrogen-bond acceptors (Lipinski definition) is 4. The molecule has 0 aliphatic heterocycles. The van der Waals surface area contributed by atoms with Gasteiger partial charge >= 0.3 is 5.97 Å². The molecule has 0 aliphatic rings. The van der Waals surface area contributed by atoms with Crippen LogP contribution in [-0.2, 0) is 22.7 Å². The highest BCUT2D eigenvalue weighted by molar-refractivity contribution is 5.88. The van der Waals surface area contributed by atoms with E-state index in [0.29, 0.717) is 13.2 Å². The average molecular weight is 351 g/mol. The highest BCUT2D eigenvalue weighted by Crippen LogP contribution is 2.21. The number of carboxylic acids is 1. The standard InChI is InChI=1S/C20H21N3O3/c1-15-17(9-11-19(24)25)8-10-18-20(15)21-22-23(18)12-5-13-26-14-16-6-3-2-4-7-16/h2-4,6-11H,5,12-14H2,1H3,(H,24,25)/b11-9+. The van der Waals surface area contributed by atoms with Crippen LogP contribution in [-0.4, -0.2) is 32.7 Å². The molecule has 0 bridgehead atoms. The first kappa shape index (κ1) is 17.8. The minimum Gasteiger partial charge on any atom is -0.478 e. The molecule has 0 atom stereocenters. The summed E-state index contributed by atoms with van der Waals surface area (Å²) in [6.07, 6.45) is 3.54. The summed E-state index contributed by atoms with van der Waals surface area (Å²) in [5.74, 6) is -0.969. The highest BCUT2D eigenvalue weighted by atomic mass is 16.5. The summed E-state index contributed by atoms with van der Waals surface area (Å²) >= 11 is 0. The Morgan fingerprint density at radius 3 is 2.81 bits per heavy atom. The number of ether oxygens (including phenoxy) is 1. The first-order valence-corrected chi connectivity index (χ1v) is 8.50. The molecule has 0 radical (unpaired) electrons. The summed E-state index contributed by atoms with van der Waals surface area (Å²) in [6.45, 7) is 3.90. The Bertz CT molecular complexity index is 917. The van der Waals surface area contributed by atoms with Crippen molar-refractivity contribution in [1.82, 2.24) is 15.0 Å². The predicted molar refractivity (Wildman–Crippen MR) is 99.6 cm³/mol. The van der Waals surface area contributed by atoms with Crippen LogP contribution in [0.1, 0.15) is 23.1 Å². The first-order valence-electron chi connectivity index (χ1n) is 8.50. The Kier molecular flexibility index (Phi) is 5.76. The van der Waals surface area contributed by atoms with E-state index < -0.39 is 5.97 Å². The number of carboxylic acid groups (broad SMARTS) is 1. The third-order valence-electron chi connectivity index (χ3n) is 4.16. The summed E-state index contributed by atoms with van der Waals surface area (Å²) in [7, 11) is 0. The van der Waals surface area contributed by atoms with Gasteiger partial charge in [-0.2, -0.15) is 0 Å². The third kappa shape index (κ3) is 4.34. The monoisotopic (exact) mass is 351 g/mol. The van der Waals surface area contributed by atoms with Crippen LogP contribution in [0.15, 0.2) is 48.5 Å². The molecular weight excluding hydrogens is 330 g/mol. The number of nitrogens with zero attached hydrogens (tertiary/aromatic N) is 3. The fourth-order valence-electron chi connectivity index (χ4n) is 2.77. The number of carbonyl (C=O) groups is 1. The maximum Gasteiger partial charge on any atom is 0.328 e. The van der Waals surface area contributed by atoms with Crippen molar-refractivity contribution in [2.24, 2.45) is 0 Å². The Morgan fingerprint density at radius 2 is 2.04 bits per heavy atom. The molecule has 1 heterocycles. The van der Waals surface area contributed by atoms with Gasteiger partial charge in [-0.15, -0.1) is 5.10 Å². The normalized spacial score (nSPS) is 11.4. The molecule has 0 unspecified atom stereocenters. The van der Waals surface area contributed by atoms with E-state index in [0.717, 1.165) is 46.8 Å². The molecule has 0 aliphatic carbocycles. The van der Waals surface area contributed by atoms with E-state index in [2.05, 4.69) is 10.3 Å².